The lowest BCUT2D eigenvalue weighted by molar-refractivity contribution is 0.590. The van der Waals surface area contributed by atoms with Gasteiger partial charge in [-0.3, -0.25) is 0 Å². The quantitative estimate of drug-likeness (QED) is 0.707. The maximum Gasteiger partial charge on any atom is 0.0451 e. The van der Waals surface area contributed by atoms with Gasteiger partial charge in [-0.05, 0) is 17.1 Å². The van der Waals surface area contributed by atoms with Crippen LogP contribution in [0, 0.1) is 0 Å². The van der Waals surface area contributed by atoms with E-state index in [1.807, 2.05) is 12.2 Å². The highest BCUT2D eigenvalue weighted by Gasteiger charge is 2.19. The van der Waals surface area contributed by atoms with Gasteiger partial charge in [-0.1, -0.05) is 52.2 Å². The van der Waals surface area contributed by atoms with Gasteiger partial charge in [0, 0.05) is 17.5 Å². The number of aromatic amines is 1. The fourth-order valence-electron chi connectivity index (χ4n) is 1.58. The molecule has 0 aliphatic heterocycles. The van der Waals surface area contributed by atoms with Crippen LogP contribution in [0.4, 0.5) is 0 Å². The Morgan fingerprint density at radius 1 is 1.27 bits per heavy atom. The molecular weight excluding hydrogens is 182 g/mol. The van der Waals surface area contributed by atoms with Gasteiger partial charge in [-0.2, -0.15) is 0 Å². The minimum atomic E-state index is 0.138. The first-order valence-electron chi connectivity index (χ1n) is 5.14. The van der Waals surface area contributed by atoms with Crippen molar-refractivity contribution in [3.8, 4) is 0 Å². The van der Waals surface area contributed by atoms with Crippen molar-refractivity contribution in [2.24, 2.45) is 0 Å². The molecule has 1 aromatic heterocycles. The van der Waals surface area contributed by atoms with Crippen molar-refractivity contribution in [2.45, 2.75) is 26.2 Å². The number of allylic oxidation sites excluding steroid dienone is 2. The summed E-state index contributed by atoms with van der Waals surface area (Å²) in [6.45, 7) is 14.1. The van der Waals surface area contributed by atoms with Gasteiger partial charge in [0.15, 0.2) is 0 Å². The number of hydrogen-bond acceptors (Lipinski definition) is 0. The lowest BCUT2D eigenvalue weighted by Crippen LogP contribution is -2.11. The maximum atomic E-state index is 3.80. The normalized spacial score (nSPS) is 11.9. The fourth-order valence-corrected chi connectivity index (χ4v) is 1.58. The van der Waals surface area contributed by atoms with Gasteiger partial charge in [0.25, 0.3) is 0 Å². The Kier molecular flexibility index (Phi) is 3.35. The number of rotatable bonds is 3. The second-order valence-electron chi connectivity index (χ2n) is 4.58. The van der Waals surface area contributed by atoms with Crippen LogP contribution in [0.2, 0.25) is 0 Å². The highest BCUT2D eigenvalue weighted by Crippen LogP contribution is 2.29. The zero-order valence-electron chi connectivity index (χ0n) is 9.80. The molecule has 0 saturated carbocycles. The van der Waals surface area contributed by atoms with Crippen LogP contribution in [-0.2, 0) is 5.41 Å². The summed E-state index contributed by atoms with van der Waals surface area (Å²) in [5.41, 5.74) is 3.71. The molecule has 0 fully saturated rings. The minimum absolute atomic E-state index is 0.138. The summed E-state index contributed by atoms with van der Waals surface area (Å²) in [5, 5.41) is 0. The Morgan fingerprint density at radius 3 is 2.40 bits per heavy atom. The SMILES string of the molecule is C=C/C=C\c1c(C(C)(C)C)c[nH]c1C=C. The van der Waals surface area contributed by atoms with Crippen LogP contribution >= 0.6 is 0 Å². The van der Waals surface area contributed by atoms with E-state index in [1.54, 1.807) is 6.08 Å². The summed E-state index contributed by atoms with van der Waals surface area (Å²) in [6.07, 6.45) is 9.70. The summed E-state index contributed by atoms with van der Waals surface area (Å²) < 4.78 is 0. The highest BCUT2D eigenvalue weighted by atomic mass is 14.7. The van der Waals surface area contributed by atoms with Crippen LogP contribution < -0.4 is 0 Å². The Balaban J connectivity index is 3.29. The van der Waals surface area contributed by atoms with Gasteiger partial charge < -0.3 is 4.98 Å². The number of H-pyrrole nitrogens is 1. The highest BCUT2D eigenvalue weighted by molar-refractivity contribution is 5.67. The maximum absolute atomic E-state index is 3.80. The van der Waals surface area contributed by atoms with Crippen molar-refractivity contribution in [3.63, 3.8) is 0 Å². The molecule has 0 unspecified atom stereocenters. The summed E-state index contributed by atoms with van der Waals surface area (Å²) in [5.74, 6) is 0. The summed E-state index contributed by atoms with van der Waals surface area (Å²) in [6, 6.07) is 0. The van der Waals surface area contributed by atoms with Gasteiger partial charge in [0.2, 0.25) is 0 Å². The van der Waals surface area contributed by atoms with Gasteiger partial charge in [0.1, 0.15) is 0 Å². The average molecular weight is 201 g/mol. The molecule has 1 aromatic rings. The van der Waals surface area contributed by atoms with Crippen molar-refractivity contribution in [1.82, 2.24) is 4.98 Å². The third-order valence-electron chi connectivity index (χ3n) is 2.36. The van der Waals surface area contributed by atoms with Crippen LogP contribution in [0.25, 0.3) is 12.2 Å². The molecule has 0 aliphatic carbocycles. The second kappa shape index (κ2) is 4.35. The molecule has 0 aliphatic rings. The van der Waals surface area contributed by atoms with E-state index in [0.717, 1.165) is 5.69 Å². The number of hydrogen-bond donors (Lipinski definition) is 1. The molecule has 0 amide bonds. The summed E-state index contributed by atoms with van der Waals surface area (Å²) >= 11 is 0. The molecule has 0 atom stereocenters. The van der Waals surface area contributed by atoms with Crippen LogP contribution in [0.5, 0.6) is 0 Å². The van der Waals surface area contributed by atoms with Crippen molar-refractivity contribution in [1.29, 1.82) is 0 Å². The second-order valence-corrected chi connectivity index (χ2v) is 4.58. The third-order valence-corrected chi connectivity index (χ3v) is 2.36. The van der Waals surface area contributed by atoms with Gasteiger partial charge in [-0.15, -0.1) is 0 Å². The molecule has 0 spiro atoms. The molecule has 1 N–H and O–H groups in total. The summed E-state index contributed by atoms with van der Waals surface area (Å²) in [4.78, 5) is 3.24. The molecule has 15 heavy (non-hydrogen) atoms. The Morgan fingerprint density at radius 2 is 1.93 bits per heavy atom. The molecule has 0 radical (unpaired) electrons. The first kappa shape index (κ1) is 11.6. The Bertz CT molecular complexity index is 386. The van der Waals surface area contributed by atoms with E-state index >= 15 is 0 Å². The predicted molar refractivity (Wildman–Crippen MR) is 68.8 cm³/mol. The molecule has 0 bridgehead atoms. The molecule has 1 nitrogen and oxygen atoms in total. The topological polar surface area (TPSA) is 15.8 Å². The van der Waals surface area contributed by atoms with Crippen LogP contribution in [0.15, 0.2) is 31.5 Å². The van der Waals surface area contributed by atoms with E-state index in [9.17, 15) is 0 Å². The van der Waals surface area contributed by atoms with E-state index < -0.39 is 0 Å². The van der Waals surface area contributed by atoms with Crippen LogP contribution in [0.1, 0.15) is 37.6 Å². The number of nitrogens with one attached hydrogen (secondary N) is 1. The first-order valence-corrected chi connectivity index (χ1v) is 5.14. The average Bonchev–Trinajstić information content (AvgIpc) is 2.56. The van der Waals surface area contributed by atoms with Crippen LogP contribution in [0.3, 0.4) is 0 Å². The smallest absolute Gasteiger partial charge is 0.0451 e. The van der Waals surface area contributed by atoms with E-state index in [-0.39, 0.29) is 5.41 Å². The molecule has 0 saturated heterocycles. The Labute approximate surface area is 92.2 Å². The van der Waals surface area contributed by atoms with Gasteiger partial charge in [0.05, 0.1) is 0 Å². The zero-order chi connectivity index (χ0) is 11.5. The van der Waals surface area contributed by atoms with Crippen molar-refractivity contribution >= 4 is 12.2 Å². The number of aromatic nitrogens is 1. The summed E-state index contributed by atoms with van der Waals surface area (Å²) in [7, 11) is 0. The van der Waals surface area contributed by atoms with Crippen LogP contribution in [-0.4, -0.2) is 4.98 Å². The molecule has 0 aromatic carbocycles. The third kappa shape index (κ3) is 2.50. The van der Waals surface area contributed by atoms with Crippen molar-refractivity contribution in [3.05, 3.63) is 48.3 Å². The lowest BCUT2D eigenvalue weighted by Gasteiger charge is -2.18. The molecular formula is C14H19N. The van der Waals surface area contributed by atoms with Crippen molar-refractivity contribution < 1.29 is 0 Å². The Hall–Kier alpha value is -1.50. The standard InChI is InChI=1S/C14H19N/c1-6-8-9-11-12(14(3,4)5)10-15-13(11)7-2/h6-10,15H,1-2H2,3-5H3/b9-8-. The molecule has 1 heteroatoms. The van der Waals surface area contributed by atoms with E-state index in [2.05, 4.69) is 51.2 Å². The van der Waals surface area contributed by atoms with E-state index in [0.29, 0.717) is 0 Å². The predicted octanol–water partition coefficient (Wildman–Crippen LogP) is 4.15. The van der Waals surface area contributed by atoms with Gasteiger partial charge >= 0.3 is 0 Å². The van der Waals surface area contributed by atoms with Gasteiger partial charge in [-0.25, -0.2) is 0 Å². The fraction of sp³-hybridized carbons (Fsp3) is 0.286. The zero-order valence-corrected chi connectivity index (χ0v) is 9.80. The lowest BCUT2D eigenvalue weighted by atomic mass is 9.85. The van der Waals surface area contributed by atoms with E-state index in [4.69, 9.17) is 0 Å². The van der Waals surface area contributed by atoms with E-state index in [1.165, 1.54) is 11.1 Å². The molecule has 1 heterocycles. The molecule has 1 rings (SSSR count). The van der Waals surface area contributed by atoms with Crippen molar-refractivity contribution in [2.75, 3.05) is 0 Å². The largest absolute Gasteiger partial charge is 0.361 e. The molecule has 80 valence electrons. The first-order chi connectivity index (χ1) is 7.00. The monoisotopic (exact) mass is 201 g/mol. The minimum Gasteiger partial charge on any atom is -0.361 e.